The van der Waals surface area contributed by atoms with Crippen molar-refractivity contribution in [2.24, 2.45) is 5.92 Å². The van der Waals surface area contributed by atoms with Crippen molar-refractivity contribution in [1.82, 2.24) is 0 Å². The smallest absolute Gasteiger partial charge is 0.308 e. The maximum atomic E-state index is 13.7. The Bertz CT molecular complexity index is 205. The Morgan fingerprint density at radius 1 is 1.50 bits per heavy atom. The first-order chi connectivity index (χ1) is 5.68. The first kappa shape index (κ1) is 8.02. The van der Waals surface area contributed by atoms with Crippen LogP contribution in [0.4, 0.5) is 4.39 Å². The van der Waals surface area contributed by atoms with E-state index in [2.05, 4.69) is 0 Å². The summed E-state index contributed by atoms with van der Waals surface area (Å²) in [5, 5.41) is 0. The van der Waals surface area contributed by atoms with Crippen molar-refractivity contribution in [2.75, 3.05) is 0 Å². The molecule has 1 saturated heterocycles. The van der Waals surface area contributed by atoms with E-state index in [4.69, 9.17) is 4.74 Å². The second-order valence-electron chi connectivity index (χ2n) is 3.88. The fraction of sp³-hybridized carbons (Fsp3) is 0.889. The molecule has 1 aliphatic carbocycles. The zero-order valence-electron chi connectivity index (χ0n) is 7.01. The summed E-state index contributed by atoms with van der Waals surface area (Å²) in [6.45, 7) is 0. The molecule has 2 aliphatic rings. The zero-order chi connectivity index (χ0) is 8.60. The van der Waals surface area contributed by atoms with Crippen molar-refractivity contribution >= 4 is 5.97 Å². The Morgan fingerprint density at radius 2 is 2.33 bits per heavy atom. The number of hydrogen-bond acceptors (Lipinski definition) is 2. The normalized spacial score (nSPS) is 41.8. The molecule has 12 heavy (non-hydrogen) atoms. The van der Waals surface area contributed by atoms with Crippen molar-refractivity contribution < 1.29 is 13.9 Å². The number of esters is 1. The Labute approximate surface area is 71.1 Å². The summed E-state index contributed by atoms with van der Waals surface area (Å²) < 4.78 is 18.4. The van der Waals surface area contributed by atoms with Gasteiger partial charge in [0.05, 0.1) is 0 Å². The lowest BCUT2D eigenvalue weighted by atomic mass is 9.92. The van der Waals surface area contributed by atoms with Crippen molar-refractivity contribution in [3.63, 3.8) is 0 Å². The fourth-order valence-electron chi connectivity index (χ4n) is 2.21. The third-order valence-corrected chi connectivity index (χ3v) is 2.76. The average molecular weight is 172 g/mol. The molecule has 2 nitrogen and oxygen atoms in total. The highest BCUT2D eigenvalue weighted by Crippen LogP contribution is 2.40. The minimum absolute atomic E-state index is 0.235. The predicted octanol–water partition coefficient (Wildman–Crippen LogP) is 2.18. The van der Waals surface area contributed by atoms with Crippen LogP contribution < -0.4 is 0 Å². The van der Waals surface area contributed by atoms with Crippen LogP contribution in [0.1, 0.15) is 38.5 Å². The standard InChI is InChI=1S/C9H13FO2/c10-9-4-2-1-3-7(6-9)5-8(11)12-9/h7H,1-6H2. The van der Waals surface area contributed by atoms with Crippen LogP contribution in [-0.4, -0.2) is 11.8 Å². The summed E-state index contributed by atoms with van der Waals surface area (Å²) in [6, 6.07) is 0. The number of rotatable bonds is 0. The van der Waals surface area contributed by atoms with Crippen molar-refractivity contribution in [3.05, 3.63) is 0 Å². The molecule has 2 rings (SSSR count). The van der Waals surface area contributed by atoms with Crippen LogP contribution in [0.2, 0.25) is 0 Å². The molecule has 2 fully saturated rings. The number of carbonyl (C=O) groups is 1. The number of halogens is 1. The van der Waals surface area contributed by atoms with Crippen molar-refractivity contribution in [2.45, 2.75) is 44.4 Å². The lowest BCUT2D eigenvalue weighted by molar-refractivity contribution is -0.200. The molecule has 0 aromatic heterocycles. The number of ether oxygens (including phenoxy) is 1. The second kappa shape index (κ2) is 2.71. The van der Waals surface area contributed by atoms with E-state index in [-0.39, 0.29) is 11.9 Å². The maximum Gasteiger partial charge on any atom is 0.308 e. The lowest BCUT2D eigenvalue weighted by Crippen LogP contribution is -2.37. The van der Waals surface area contributed by atoms with Crippen LogP contribution in [0, 0.1) is 5.92 Å². The Kier molecular flexibility index (Phi) is 1.81. The first-order valence-corrected chi connectivity index (χ1v) is 4.59. The van der Waals surface area contributed by atoms with Gasteiger partial charge in [-0.3, -0.25) is 4.79 Å². The van der Waals surface area contributed by atoms with Crippen LogP contribution in [0.5, 0.6) is 0 Å². The van der Waals surface area contributed by atoms with Gasteiger partial charge in [-0.05, 0) is 18.8 Å². The van der Waals surface area contributed by atoms with Crippen LogP contribution in [-0.2, 0) is 9.53 Å². The summed E-state index contributed by atoms with van der Waals surface area (Å²) in [6.07, 6.45) is 4.12. The minimum atomic E-state index is -1.61. The highest BCUT2D eigenvalue weighted by atomic mass is 19.2. The first-order valence-electron chi connectivity index (χ1n) is 4.59. The summed E-state index contributed by atoms with van der Waals surface area (Å²) in [5.41, 5.74) is 0. The SMILES string of the molecule is O=C1CC2CCCCC(F)(C2)O1. The highest BCUT2D eigenvalue weighted by Gasteiger charge is 2.43. The topological polar surface area (TPSA) is 26.3 Å². The van der Waals surface area contributed by atoms with E-state index >= 15 is 0 Å². The summed E-state index contributed by atoms with van der Waals surface area (Å²) in [7, 11) is 0. The molecule has 2 unspecified atom stereocenters. The highest BCUT2D eigenvalue weighted by molar-refractivity contribution is 5.71. The molecule has 0 aromatic carbocycles. The largest absolute Gasteiger partial charge is 0.428 e. The molecule has 2 atom stereocenters. The van der Waals surface area contributed by atoms with Gasteiger partial charge in [-0.1, -0.05) is 6.42 Å². The Morgan fingerprint density at radius 3 is 3.17 bits per heavy atom. The lowest BCUT2D eigenvalue weighted by Gasteiger charge is -2.31. The van der Waals surface area contributed by atoms with Gasteiger partial charge in [0.2, 0.25) is 0 Å². The molecule has 1 heterocycles. The number of hydrogen-bond donors (Lipinski definition) is 0. The fourth-order valence-corrected chi connectivity index (χ4v) is 2.21. The molecule has 0 aromatic rings. The van der Waals surface area contributed by atoms with Crippen molar-refractivity contribution in [3.8, 4) is 0 Å². The third kappa shape index (κ3) is 1.45. The van der Waals surface area contributed by atoms with Gasteiger partial charge < -0.3 is 4.74 Å². The van der Waals surface area contributed by atoms with Gasteiger partial charge in [0.15, 0.2) is 0 Å². The molecule has 3 heteroatoms. The zero-order valence-corrected chi connectivity index (χ0v) is 7.01. The van der Waals surface area contributed by atoms with E-state index in [1.54, 1.807) is 0 Å². The number of fused-ring (bicyclic) bond motifs is 2. The Balaban J connectivity index is 2.15. The van der Waals surface area contributed by atoms with Crippen LogP contribution in [0.15, 0.2) is 0 Å². The Hall–Kier alpha value is -0.600. The van der Waals surface area contributed by atoms with Gasteiger partial charge in [-0.25, -0.2) is 0 Å². The molecular formula is C9H13FO2. The monoisotopic (exact) mass is 172 g/mol. The predicted molar refractivity (Wildman–Crippen MR) is 41.1 cm³/mol. The molecule has 0 radical (unpaired) electrons. The molecule has 0 amide bonds. The molecule has 0 spiro atoms. The van der Waals surface area contributed by atoms with Crippen LogP contribution in [0.25, 0.3) is 0 Å². The van der Waals surface area contributed by atoms with E-state index in [9.17, 15) is 9.18 Å². The number of carbonyl (C=O) groups excluding carboxylic acids is 1. The number of alkyl halides is 1. The maximum absolute atomic E-state index is 13.7. The second-order valence-corrected chi connectivity index (χ2v) is 3.88. The molecule has 2 bridgehead atoms. The molecule has 1 saturated carbocycles. The third-order valence-electron chi connectivity index (χ3n) is 2.76. The van der Waals surface area contributed by atoms with Crippen LogP contribution in [0.3, 0.4) is 0 Å². The van der Waals surface area contributed by atoms with Gasteiger partial charge in [0.25, 0.3) is 5.85 Å². The van der Waals surface area contributed by atoms with Crippen molar-refractivity contribution in [1.29, 1.82) is 0 Å². The summed E-state index contributed by atoms with van der Waals surface area (Å²) >= 11 is 0. The summed E-state index contributed by atoms with van der Waals surface area (Å²) in [5.74, 6) is -1.73. The van der Waals surface area contributed by atoms with Gasteiger partial charge in [-0.15, -0.1) is 0 Å². The van der Waals surface area contributed by atoms with E-state index in [1.165, 1.54) is 0 Å². The molecule has 68 valence electrons. The van der Waals surface area contributed by atoms with Gasteiger partial charge in [0, 0.05) is 19.3 Å². The van der Waals surface area contributed by atoms with Gasteiger partial charge >= 0.3 is 5.97 Å². The van der Waals surface area contributed by atoms with Gasteiger partial charge in [0.1, 0.15) is 0 Å². The minimum Gasteiger partial charge on any atom is -0.428 e. The van der Waals surface area contributed by atoms with E-state index in [0.29, 0.717) is 19.3 Å². The summed E-state index contributed by atoms with van der Waals surface area (Å²) in [4.78, 5) is 11.0. The quantitative estimate of drug-likeness (QED) is 0.523. The van der Waals surface area contributed by atoms with E-state index in [0.717, 1.165) is 19.3 Å². The molecule has 1 aliphatic heterocycles. The molecular weight excluding hydrogens is 159 g/mol. The average Bonchev–Trinajstić information content (AvgIpc) is 2.07. The van der Waals surface area contributed by atoms with Gasteiger partial charge in [-0.2, -0.15) is 4.39 Å². The van der Waals surface area contributed by atoms with Crippen LogP contribution >= 0.6 is 0 Å². The van der Waals surface area contributed by atoms with E-state index < -0.39 is 5.85 Å². The van der Waals surface area contributed by atoms with E-state index in [1.807, 2.05) is 0 Å². The molecule has 0 N–H and O–H groups in total.